The van der Waals surface area contributed by atoms with Gasteiger partial charge in [-0.25, -0.2) is 0 Å². The van der Waals surface area contributed by atoms with E-state index in [-0.39, 0.29) is 5.60 Å². The molecule has 0 radical (unpaired) electrons. The fraction of sp³-hybridized carbons (Fsp3) is 0.400. The second-order valence-electron chi connectivity index (χ2n) is 13.5. The van der Waals surface area contributed by atoms with Crippen molar-refractivity contribution in [2.45, 2.75) is 77.5 Å². The van der Waals surface area contributed by atoms with Gasteiger partial charge in [0.2, 0.25) is 0 Å². The SMILES string of the molecule is Cc1c(C)c2c(c(C)c1N)CC(C)(CN1CCC(N(CCC(c3ccccc3)c3ccccc3)Cc3ccccc3)CC1)O2. The predicted octanol–water partition coefficient (Wildman–Crippen LogP) is 8.08. The molecule has 0 bridgehead atoms. The minimum absolute atomic E-state index is 0.215. The van der Waals surface area contributed by atoms with Crippen LogP contribution in [0.2, 0.25) is 0 Å². The van der Waals surface area contributed by atoms with E-state index in [9.17, 15) is 0 Å². The summed E-state index contributed by atoms with van der Waals surface area (Å²) in [6.45, 7) is 13.9. The van der Waals surface area contributed by atoms with Gasteiger partial charge in [0.05, 0.1) is 0 Å². The lowest BCUT2D eigenvalue weighted by molar-refractivity contribution is 0.0344. The zero-order valence-corrected chi connectivity index (χ0v) is 27.1. The van der Waals surface area contributed by atoms with E-state index in [4.69, 9.17) is 10.5 Å². The molecule has 0 aliphatic carbocycles. The number of hydrogen-bond acceptors (Lipinski definition) is 4. The molecule has 2 N–H and O–H groups in total. The molecule has 1 fully saturated rings. The standard InChI is InChI=1S/C40H49N3O/c1-29-30(2)39-37(31(3)38(29)41)26-40(4,44-39)28-42-23-20-35(21-24-42)43(27-32-14-8-5-9-15-32)25-22-36(33-16-10-6-11-17-33)34-18-12-7-13-19-34/h5-19,35-36H,20-28,41H2,1-4H3. The monoisotopic (exact) mass is 587 g/mol. The number of fused-ring (bicyclic) bond motifs is 1. The summed E-state index contributed by atoms with van der Waals surface area (Å²) in [4.78, 5) is 5.41. The van der Waals surface area contributed by atoms with Gasteiger partial charge >= 0.3 is 0 Å². The van der Waals surface area contributed by atoms with Crippen LogP contribution in [0.3, 0.4) is 0 Å². The van der Waals surface area contributed by atoms with Gasteiger partial charge in [-0.3, -0.25) is 9.80 Å². The molecule has 0 spiro atoms. The summed E-state index contributed by atoms with van der Waals surface area (Å²) in [7, 11) is 0. The maximum Gasteiger partial charge on any atom is 0.127 e. The molecule has 4 aromatic rings. The average molecular weight is 588 g/mol. The van der Waals surface area contributed by atoms with Gasteiger partial charge in [-0.05, 0) is 100.0 Å². The van der Waals surface area contributed by atoms with Crippen LogP contribution in [0, 0.1) is 20.8 Å². The van der Waals surface area contributed by atoms with Crippen LogP contribution in [0.1, 0.15) is 71.0 Å². The number of benzene rings is 4. The highest BCUT2D eigenvalue weighted by Crippen LogP contribution is 2.44. The van der Waals surface area contributed by atoms with Gasteiger partial charge in [-0.2, -0.15) is 0 Å². The van der Waals surface area contributed by atoms with Crippen molar-refractivity contribution in [1.82, 2.24) is 9.80 Å². The summed E-state index contributed by atoms with van der Waals surface area (Å²) < 4.78 is 6.74. The highest BCUT2D eigenvalue weighted by Gasteiger charge is 2.40. The number of ether oxygens (including phenoxy) is 1. The van der Waals surface area contributed by atoms with Crippen LogP contribution in [0.15, 0.2) is 91.0 Å². The third-order valence-electron chi connectivity index (χ3n) is 10.3. The molecular weight excluding hydrogens is 538 g/mol. The van der Waals surface area contributed by atoms with Crippen molar-refractivity contribution in [1.29, 1.82) is 0 Å². The highest BCUT2D eigenvalue weighted by molar-refractivity contribution is 5.66. The van der Waals surface area contributed by atoms with Crippen molar-refractivity contribution < 1.29 is 4.74 Å². The number of piperidine rings is 1. The third kappa shape index (κ3) is 6.57. The van der Waals surface area contributed by atoms with E-state index in [1.54, 1.807) is 0 Å². The second kappa shape index (κ2) is 13.2. The smallest absolute Gasteiger partial charge is 0.127 e. The Kier molecular flexibility index (Phi) is 9.11. The summed E-state index contributed by atoms with van der Waals surface area (Å²) in [5.74, 6) is 1.47. The Labute approximate surface area is 264 Å². The number of nitrogen functional groups attached to an aromatic ring is 1. The molecular formula is C40H49N3O. The van der Waals surface area contributed by atoms with Gasteiger partial charge in [0, 0.05) is 42.7 Å². The summed E-state index contributed by atoms with van der Waals surface area (Å²) in [6.07, 6.45) is 4.40. The Balaban J connectivity index is 1.14. The number of nitrogens with two attached hydrogens (primary N) is 1. The molecule has 1 unspecified atom stereocenters. The maximum atomic E-state index is 6.74. The molecule has 2 aliphatic heterocycles. The Morgan fingerprint density at radius 3 is 1.98 bits per heavy atom. The summed E-state index contributed by atoms with van der Waals surface area (Å²) in [6, 6.07) is 33.7. The van der Waals surface area contributed by atoms with Crippen molar-refractivity contribution in [3.05, 3.63) is 130 Å². The van der Waals surface area contributed by atoms with Crippen LogP contribution in [0.25, 0.3) is 0 Å². The van der Waals surface area contributed by atoms with Crippen molar-refractivity contribution >= 4 is 5.69 Å². The van der Waals surface area contributed by atoms with Gasteiger partial charge in [-0.1, -0.05) is 91.0 Å². The molecule has 1 atom stereocenters. The highest BCUT2D eigenvalue weighted by atomic mass is 16.5. The van der Waals surface area contributed by atoms with Crippen molar-refractivity contribution in [3.63, 3.8) is 0 Å². The number of anilines is 1. The number of hydrogen-bond donors (Lipinski definition) is 1. The van der Waals surface area contributed by atoms with Crippen LogP contribution in [0.4, 0.5) is 5.69 Å². The number of nitrogens with zero attached hydrogens (tertiary/aromatic N) is 2. The minimum Gasteiger partial charge on any atom is -0.485 e. The molecule has 0 aromatic heterocycles. The zero-order chi connectivity index (χ0) is 30.7. The first-order chi connectivity index (χ1) is 21.3. The van der Waals surface area contributed by atoms with Crippen molar-refractivity contribution in [2.24, 2.45) is 0 Å². The van der Waals surface area contributed by atoms with Crippen LogP contribution in [-0.4, -0.2) is 47.6 Å². The molecule has 0 saturated carbocycles. The average Bonchev–Trinajstić information content (AvgIpc) is 3.41. The van der Waals surface area contributed by atoms with Crippen molar-refractivity contribution in [3.8, 4) is 5.75 Å². The molecule has 4 nitrogen and oxygen atoms in total. The minimum atomic E-state index is -0.215. The predicted molar refractivity (Wildman–Crippen MR) is 183 cm³/mol. The fourth-order valence-corrected chi connectivity index (χ4v) is 7.62. The Morgan fingerprint density at radius 2 is 1.39 bits per heavy atom. The van der Waals surface area contributed by atoms with Gasteiger partial charge in [0.15, 0.2) is 0 Å². The van der Waals surface area contributed by atoms with Crippen LogP contribution in [0.5, 0.6) is 5.75 Å². The van der Waals surface area contributed by atoms with Gasteiger partial charge in [0.1, 0.15) is 11.4 Å². The first kappa shape index (κ1) is 30.4. The third-order valence-corrected chi connectivity index (χ3v) is 10.3. The van der Waals surface area contributed by atoms with E-state index < -0.39 is 0 Å². The van der Waals surface area contributed by atoms with E-state index >= 15 is 0 Å². The lowest BCUT2D eigenvalue weighted by atomic mass is 9.88. The Hall–Kier alpha value is -3.60. The van der Waals surface area contributed by atoms with Gasteiger partial charge in [-0.15, -0.1) is 0 Å². The lowest BCUT2D eigenvalue weighted by Gasteiger charge is -2.41. The molecule has 6 rings (SSSR count). The van der Waals surface area contributed by atoms with Crippen LogP contribution >= 0.6 is 0 Å². The van der Waals surface area contributed by atoms with E-state index in [0.29, 0.717) is 12.0 Å². The molecule has 1 saturated heterocycles. The first-order valence-corrected chi connectivity index (χ1v) is 16.5. The van der Waals surface area contributed by atoms with Crippen molar-refractivity contribution in [2.75, 3.05) is 31.9 Å². The van der Waals surface area contributed by atoms with E-state index in [1.807, 2.05) is 0 Å². The maximum absolute atomic E-state index is 6.74. The Bertz CT molecular complexity index is 1450. The molecule has 2 aliphatic rings. The molecule has 230 valence electrons. The summed E-state index contributed by atoms with van der Waals surface area (Å²) >= 11 is 0. The van der Waals surface area contributed by atoms with Crippen LogP contribution < -0.4 is 10.5 Å². The summed E-state index contributed by atoms with van der Waals surface area (Å²) in [5.41, 5.74) is 16.3. The fourth-order valence-electron chi connectivity index (χ4n) is 7.62. The largest absolute Gasteiger partial charge is 0.485 e. The molecule has 0 amide bonds. The molecule has 4 heteroatoms. The topological polar surface area (TPSA) is 41.7 Å². The molecule has 4 aromatic carbocycles. The zero-order valence-electron chi connectivity index (χ0n) is 27.1. The van der Waals surface area contributed by atoms with Gasteiger partial charge in [0.25, 0.3) is 0 Å². The quantitative estimate of drug-likeness (QED) is 0.191. The summed E-state index contributed by atoms with van der Waals surface area (Å²) in [5, 5.41) is 0. The first-order valence-electron chi connectivity index (χ1n) is 16.5. The second-order valence-corrected chi connectivity index (χ2v) is 13.5. The molecule has 44 heavy (non-hydrogen) atoms. The lowest BCUT2D eigenvalue weighted by Crippen LogP contribution is -2.50. The van der Waals surface area contributed by atoms with E-state index in [1.165, 1.54) is 46.2 Å². The normalized spacial score (nSPS) is 19.0. The van der Waals surface area contributed by atoms with Gasteiger partial charge < -0.3 is 10.5 Å². The molecule has 2 heterocycles. The van der Waals surface area contributed by atoms with E-state index in [2.05, 4.69) is 128 Å². The van der Waals surface area contributed by atoms with E-state index in [0.717, 1.165) is 62.6 Å². The number of likely N-dealkylation sites (tertiary alicyclic amines) is 1. The van der Waals surface area contributed by atoms with Crippen LogP contribution in [-0.2, 0) is 13.0 Å². The Morgan fingerprint density at radius 1 is 0.818 bits per heavy atom. The number of rotatable bonds is 10.